The van der Waals surface area contributed by atoms with E-state index in [0.717, 1.165) is 18.8 Å². The number of aromatic nitrogens is 1. The first kappa shape index (κ1) is 14.6. The van der Waals surface area contributed by atoms with Crippen LogP contribution in [0.5, 0.6) is 0 Å². The first-order chi connectivity index (χ1) is 9.37. The molecule has 1 aliphatic heterocycles. The summed E-state index contributed by atoms with van der Waals surface area (Å²) in [5.41, 5.74) is 6.00. The van der Waals surface area contributed by atoms with Crippen molar-refractivity contribution in [1.82, 2.24) is 10.3 Å². The Bertz CT molecular complexity index is 467. The molecule has 2 heterocycles. The molecule has 0 spiro atoms. The molecule has 0 bridgehead atoms. The van der Waals surface area contributed by atoms with Gasteiger partial charge in [0.15, 0.2) is 0 Å². The Morgan fingerprint density at radius 2 is 2.25 bits per heavy atom. The maximum atomic E-state index is 12.3. The van der Waals surface area contributed by atoms with Crippen molar-refractivity contribution >= 4 is 17.5 Å². The highest BCUT2D eigenvalue weighted by Crippen LogP contribution is 2.20. The molecule has 1 saturated heterocycles. The van der Waals surface area contributed by atoms with Crippen LogP contribution in [-0.2, 0) is 9.53 Å². The number of carbonyl (C=O) groups is 1. The summed E-state index contributed by atoms with van der Waals surface area (Å²) >= 11 is 0. The second-order valence-electron chi connectivity index (χ2n) is 5.89. The van der Waals surface area contributed by atoms with Crippen LogP contribution >= 0.6 is 0 Å². The van der Waals surface area contributed by atoms with Crippen molar-refractivity contribution in [3.63, 3.8) is 0 Å². The van der Waals surface area contributed by atoms with Crippen LogP contribution in [0.4, 0.5) is 11.5 Å². The standard InChI is InChI=1S/C14H22N4O2/c1-14(2,3)20-13(19)11-9-16-6-7-18(11)10-4-5-12(15)17-8-10/h4-5,8,11,16H,6-7,9H2,1-3H3,(H2,15,17). The molecule has 0 amide bonds. The maximum Gasteiger partial charge on any atom is 0.330 e. The van der Waals surface area contributed by atoms with E-state index in [1.165, 1.54) is 0 Å². The summed E-state index contributed by atoms with van der Waals surface area (Å²) in [6.07, 6.45) is 1.69. The molecular formula is C14H22N4O2. The van der Waals surface area contributed by atoms with Gasteiger partial charge < -0.3 is 20.7 Å². The highest BCUT2D eigenvalue weighted by Gasteiger charge is 2.32. The number of nitrogens with two attached hydrogens (primary N) is 1. The van der Waals surface area contributed by atoms with Crippen LogP contribution in [0.15, 0.2) is 18.3 Å². The van der Waals surface area contributed by atoms with Gasteiger partial charge in [-0.25, -0.2) is 9.78 Å². The molecule has 110 valence electrons. The van der Waals surface area contributed by atoms with E-state index in [1.807, 2.05) is 31.7 Å². The van der Waals surface area contributed by atoms with E-state index >= 15 is 0 Å². The van der Waals surface area contributed by atoms with Gasteiger partial charge in [0, 0.05) is 19.6 Å². The molecule has 6 heteroatoms. The van der Waals surface area contributed by atoms with Crippen LogP contribution in [0.25, 0.3) is 0 Å². The summed E-state index contributed by atoms with van der Waals surface area (Å²) in [6, 6.07) is 3.28. The quantitative estimate of drug-likeness (QED) is 0.778. The number of nitrogen functional groups attached to an aromatic ring is 1. The van der Waals surface area contributed by atoms with Gasteiger partial charge in [-0.15, -0.1) is 0 Å². The fraction of sp³-hybridized carbons (Fsp3) is 0.571. The van der Waals surface area contributed by atoms with Crippen LogP contribution in [0, 0.1) is 0 Å². The van der Waals surface area contributed by atoms with Crippen molar-refractivity contribution in [2.45, 2.75) is 32.4 Å². The number of carbonyl (C=O) groups excluding carboxylic acids is 1. The number of rotatable bonds is 2. The lowest BCUT2D eigenvalue weighted by atomic mass is 10.1. The smallest absolute Gasteiger partial charge is 0.330 e. The van der Waals surface area contributed by atoms with Gasteiger partial charge in [0.2, 0.25) is 0 Å². The van der Waals surface area contributed by atoms with E-state index < -0.39 is 5.60 Å². The Kier molecular flexibility index (Phi) is 4.13. The fourth-order valence-corrected chi connectivity index (χ4v) is 2.16. The van der Waals surface area contributed by atoms with Gasteiger partial charge in [-0.2, -0.15) is 0 Å². The lowest BCUT2D eigenvalue weighted by molar-refractivity contribution is -0.156. The summed E-state index contributed by atoms with van der Waals surface area (Å²) in [5.74, 6) is 0.249. The first-order valence-corrected chi connectivity index (χ1v) is 6.78. The number of hydrogen-bond donors (Lipinski definition) is 2. The fourth-order valence-electron chi connectivity index (χ4n) is 2.16. The van der Waals surface area contributed by atoms with Crippen LogP contribution in [0.2, 0.25) is 0 Å². The minimum Gasteiger partial charge on any atom is -0.458 e. The van der Waals surface area contributed by atoms with Crippen LogP contribution in [0.3, 0.4) is 0 Å². The summed E-state index contributed by atoms with van der Waals surface area (Å²) in [4.78, 5) is 18.4. The average molecular weight is 278 g/mol. The van der Waals surface area contributed by atoms with E-state index in [4.69, 9.17) is 10.5 Å². The number of pyridine rings is 1. The molecule has 0 aromatic carbocycles. The lowest BCUT2D eigenvalue weighted by Gasteiger charge is -2.37. The molecule has 0 radical (unpaired) electrons. The predicted octanol–water partition coefficient (Wildman–Crippen LogP) is 0.784. The molecule has 2 rings (SSSR count). The molecule has 1 aromatic heterocycles. The summed E-state index contributed by atoms with van der Waals surface area (Å²) in [6.45, 7) is 7.74. The third-order valence-corrected chi connectivity index (χ3v) is 3.02. The first-order valence-electron chi connectivity index (χ1n) is 6.78. The van der Waals surface area contributed by atoms with Gasteiger partial charge in [0.25, 0.3) is 0 Å². The van der Waals surface area contributed by atoms with E-state index in [-0.39, 0.29) is 12.0 Å². The van der Waals surface area contributed by atoms with Crippen molar-refractivity contribution in [2.75, 3.05) is 30.3 Å². The van der Waals surface area contributed by atoms with Gasteiger partial charge in [-0.1, -0.05) is 0 Å². The number of ether oxygens (including phenoxy) is 1. The minimum atomic E-state index is -0.487. The number of esters is 1. The minimum absolute atomic E-state index is 0.221. The van der Waals surface area contributed by atoms with Crippen molar-refractivity contribution in [1.29, 1.82) is 0 Å². The molecule has 20 heavy (non-hydrogen) atoms. The third kappa shape index (κ3) is 3.60. The van der Waals surface area contributed by atoms with Gasteiger partial charge in [0.05, 0.1) is 11.9 Å². The lowest BCUT2D eigenvalue weighted by Crippen LogP contribution is -2.56. The molecule has 1 aromatic rings. The normalized spacial score (nSPS) is 19.8. The molecule has 1 atom stereocenters. The summed E-state index contributed by atoms with van der Waals surface area (Å²) in [5, 5.41) is 3.23. The van der Waals surface area contributed by atoms with Crippen LogP contribution in [-0.4, -0.2) is 42.2 Å². The zero-order valence-electron chi connectivity index (χ0n) is 12.2. The molecule has 0 saturated carbocycles. The third-order valence-electron chi connectivity index (χ3n) is 3.02. The Balaban J connectivity index is 2.16. The largest absolute Gasteiger partial charge is 0.458 e. The topological polar surface area (TPSA) is 80.5 Å². The van der Waals surface area contributed by atoms with Crippen molar-refractivity contribution in [3.05, 3.63) is 18.3 Å². The van der Waals surface area contributed by atoms with Crippen molar-refractivity contribution in [2.24, 2.45) is 0 Å². The zero-order chi connectivity index (χ0) is 14.8. The van der Waals surface area contributed by atoms with Crippen LogP contribution in [0.1, 0.15) is 20.8 Å². The van der Waals surface area contributed by atoms with E-state index in [2.05, 4.69) is 10.3 Å². The van der Waals surface area contributed by atoms with Gasteiger partial charge in [-0.3, -0.25) is 0 Å². The predicted molar refractivity (Wildman–Crippen MR) is 78.5 cm³/mol. The molecule has 1 aliphatic rings. The van der Waals surface area contributed by atoms with E-state index in [9.17, 15) is 4.79 Å². The Morgan fingerprint density at radius 1 is 1.50 bits per heavy atom. The van der Waals surface area contributed by atoms with Crippen molar-refractivity contribution in [3.8, 4) is 0 Å². The summed E-state index contributed by atoms with van der Waals surface area (Å²) < 4.78 is 5.49. The average Bonchev–Trinajstić information content (AvgIpc) is 2.38. The van der Waals surface area contributed by atoms with Crippen LogP contribution < -0.4 is 16.0 Å². The number of anilines is 2. The van der Waals surface area contributed by atoms with Gasteiger partial charge in [0.1, 0.15) is 17.5 Å². The number of hydrogen-bond acceptors (Lipinski definition) is 6. The zero-order valence-corrected chi connectivity index (χ0v) is 12.2. The molecule has 3 N–H and O–H groups in total. The van der Waals surface area contributed by atoms with Crippen molar-refractivity contribution < 1.29 is 9.53 Å². The molecule has 6 nitrogen and oxygen atoms in total. The SMILES string of the molecule is CC(C)(C)OC(=O)C1CNCCN1c1ccc(N)nc1. The molecule has 1 fully saturated rings. The van der Waals surface area contributed by atoms with Gasteiger partial charge in [-0.05, 0) is 32.9 Å². The monoisotopic (exact) mass is 278 g/mol. The highest BCUT2D eigenvalue weighted by atomic mass is 16.6. The maximum absolute atomic E-state index is 12.3. The molecular weight excluding hydrogens is 256 g/mol. The molecule has 1 unspecified atom stereocenters. The molecule has 0 aliphatic carbocycles. The number of piperazine rings is 1. The van der Waals surface area contributed by atoms with E-state index in [0.29, 0.717) is 12.4 Å². The van der Waals surface area contributed by atoms with E-state index in [1.54, 1.807) is 12.3 Å². The Labute approximate surface area is 119 Å². The Hall–Kier alpha value is -1.82. The second-order valence-corrected chi connectivity index (χ2v) is 5.89. The van der Waals surface area contributed by atoms with Gasteiger partial charge >= 0.3 is 5.97 Å². The number of nitrogens with zero attached hydrogens (tertiary/aromatic N) is 2. The second kappa shape index (κ2) is 5.66. The highest BCUT2D eigenvalue weighted by molar-refractivity contribution is 5.81. The number of nitrogens with one attached hydrogen (secondary N) is 1. The summed E-state index contributed by atoms with van der Waals surface area (Å²) in [7, 11) is 0. The Morgan fingerprint density at radius 3 is 2.85 bits per heavy atom.